The molecular formula is C27H36N2O4S. The van der Waals surface area contributed by atoms with E-state index in [1.165, 1.54) is 10.2 Å². The highest BCUT2D eigenvalue weighted by Crippen LogP contribution is 2.47. The van der Waals surface area contributed by atoms with Gasteiger partial charge in [-0.3, -0.25) is 4.79 Å². The van der Waals surface area contributed by atoms with Gasteiger partial charge in [0.1, 0.15) is 12.4 Å². The molecule has 2 aliphatic rings. The lowest BCUT2D eigenvalue weighted by Crippen LogP contribution is -2.34. The van der Waals surface area contributed by atoms with Crippen molar-refractivity contribution in [2.45, 2.75) is 52.9 Å². The molecular weight excluding hydrogens is 448 g/mol. The summed E-state index contributed by atoms with van der Waals surface area (Å²) in [6.07, 6.45) is 6.66. The number of likely N-dealkylation sites (N-methyl/N-ethyl adjacent to an activating group) is 1. The van der Waals surface area contributed by atoms with Crippen molar-refractivity contribution in [3.05, 3.63) is 57.9 Å². The van der Waals surface area contributed by atoms with Gasteiger partial charge < -0.3 is 9.64 Å². The Bertz CT molecular complexity index is 1250. The summed E-state index contributed by atoms with van der Waals surface area (Å²) in [5.74, 6) is 0.929. The van der Waals surface area contributed by atoms with Gasteiger partial charge in [0.05, 0.1) is 17.6 Å². The number of hydrogen-bond acceptors (Lipinski definition) is 5. The minimum Gasteiger partial charge on any atom is -0.492 e. The van der Waals surface area contributed by atoms with E-state index < -0.39 is 15.4 Å². The topological polar surface area (TPSA) is 68.6 Å². The molecule has 1 heterocycles. The Morgan fingerprint density at radius 2 is 1.91 bits per heavy atom. The fourth-order valence-electron chi connectivity index (χ4n) is 5.41. The molecule has 0 amide bonds. The van der Waals surface area contributed by atoms with Crippen LogP contribution in [0.2, 0.25) is 0 Å². The molecule has 34 heavy (non-hydrogen) atoms. The van der Waals surface area contributed by atoms with E-state index in [1.807, 2.05) is 44.2 Å². The van der Waals surface area contributed by atoms with Crippen molar-refractivity contribution in [2.24, 2.45) is 5.92 Å². The fourth-order valence-corrected chi connectivity index (χ4v) is 6.59. The minimum atomic E-state index is -3.64. The van der Waals surface area contributed by atoms with Crippen LogP contribution in [0.1, 0.15) is 79.5 Å². The van der Waals surface area contributed by atoms with Gasteiger partial charge >= 0.3 is 0 Å². The van der Waals surface area contributed by atoms with Crippen LogP contribution in [0.4, 0.5) is 0 Å². The van der Waals surface area contributed by atoms with Gasteiger partial charge in [0.15, 0.2) is 5.78 Å². The highest BCUT2D eigenvalue weighted by molar-refractivity contribution is 7.89. The second-order valence-electron chi connectivity index (χ2n) is 10.1. The van der Waals surface area contributed by atoms with E-state index in [2.05, 4.69) is 25.7 Å². The first-order chi connectivity index (χ1) is 16.0. The second kappa shape index (κ2) is 9.00. The van der Waals surface area contributed by atoms with Crippen LogP contribution >= 0.6 is 0 Å². The molecule has 7 heteroatoms. The van der Waals surface area contributed by atoms with Gasteiger partial charge in [0, 0.05) is 23.1 Å². The Balaban J connectivity index is 1.84. The van der Waals surface area contributed by atoms with Crippen LogP contribution < -0.4 is 4.74 Å². The SMILES string of the molecule is CCN(CC)CCOc1ccc2c(c1)C(C)(C)c1c(c3c(n1S(C)(=O)=O)C=CCC(C)C3)C2=O. The van der Waals surface area contributed by atoms with E-state index in [4.69, 9.17) is 4.74 Å². The third kappa shape index (κ3) is 4.13. The summed E-state index contributed by atoms with van der Waals surface area (Å²) in [5, 5.41) is 0. The Kier molecular flexibility index (Phi) is 6.55. The maximum Gasteiger partial charge on any atom is 0.236 e. The van der Waals surface area contributed by atoms with E-state index in [1.54, 1.807) is 0 Å². The highest BCUT2D eigenvalue weighted by atomic mass is 32.2. The molecule has 184 valence electrons. The lowest BCUT2D eigenvalue weighted by Gasteiger charge is -2.34. The van der Waals surface area contributed by atoms with Crippen molar-refractivity contribution >= 4 is 21.9 Å². The van der Waals surface area contributed by atoms with E-state index in [9.17, 15) is 13.2 Å². The van der Waals surface area contributed by atoms with Crippen LogP contribution in [-0.4, -0.2) is 55.6 Å². The standard InChI is InChI=1S/C27H36N2O4S/c1-7-28(8-2)14-15-33-19-12-13-20-22(17-19)27(4,5)26-24(25(20)30)21-16-18(3)10-9-11-23(21)29(26)34(6,31)32/h9,11-13,17-18H,7-8,10,14-16H2,1-6H3. The van der Waals surface area contributed by atoms with Gasteiger partial charge in [0.2, 0.25) is 10.0 Å². The van der Waals surface area contributed by atoms with Crippen LogP contribution in [0.25, 0.3) is 6.08 Å². The van der Waals surface area contributed by atoms with E-state index in [0.717, 1.165) is 37.2 Å². The Morgan fingerprint density at radius 3 is 2.56 bits per heavy atom. The zero-order valence-corrected chi connectivity index (χ0v) is 22.0. The average Bonchev–Trinajstić information content (AvgIpc) is 2.99. The van der Waals surface area contributed by atoms with Crippen molar-refractivity contribution < 1.29 is 17.9 Å². The van der Waals surface area contributed by atoms with Crippen LogP contribution in [0.3, 0.4) is 0 Å². The Labute approximate surface area is 203 Å². The summed E-state index contributed by atoms with van der Waals surface area (Å²) in [4.78, 5) is 16.1. The van der Waals surface area contributed by atoms with Gasteiger partial charge in [-0.25, -0.2) is 12.4 Å². The first-order valence-corrected chi connectivity index (χ1v) is 14.0. The summed E-state index contributed by atoms with van der Waals surface area (Å²) < 4.78 is 33.6. The smallest absolute Gasteiger partial charge is 0.236 e. The predicted molar refractivity (Wildman–Crippen MR) is 136 cm³/mol. The van der Waals surface area contributed by atoms with Gasteiger partial charge in [-0.1, -0.05) is 40.7 Å². The first kappa shape index (κ1) is 24.7. The molecule has 1 atom stereocenters. The Hall–Kier alpha value is -2.38. The number of rotatable bonds is 7. The van der Waals surface area contributed by atoms with E-state index >= 15 is 0 Å². The van der Waals surface area contributed by atoms with Crippen LogP contribution in [-0.2, 0) is 21.9 Å². The van der Waals surface area contributed by atoms with E-state index in [-0.39, 0.29) is 5.78 Å². The fraction of sp³-hybridized carbons (Fsp3) is 0.519. The molecule has 0 saturated heterocycles. The summed E-state index contributed by atoms with van der Waals surface area (Å²) in [5.41, 5.74) is 3.35. The van der Waals surface area contributed by atoms with Crippen LogP contribution in [0.5, 0.6) is 5.75 Å². The highest BCUT2D eigenvalue weighted by Gasteiger charge is 2.45. The summed E-state index contributed by atoms with van der Waals surface area (Å²) in [7, 11) is -3.64. The number of carbonyl (C=O) groups is 1. The summed E-state index contributed by atoms with van der Waals surface area (Å²) in [6.45, 7) is 13.7. The maximum absolute atomic E-state index is 13.8. The third-order valence-corrected chi connectivity index (χ3v) is 8.31. The van der Waals surface area contributed by atoms with Gasteiger partial charge in [-0.2, -0.15) is 0 Å². The lowest BCUT2D eigenvalue weighted by atomic mass is 9.70. The molecule has 0 bridgehead atoms. The van der Waals surface area contributed by atoms with Crippen molar-refractivity contribution in [1.29, 1.82) is 0 Å². The number of fused-ring (bicyclic) bond motifs is 4. The quantitative estimate of drug-likeness (QED) is 0.580. The predicted octanol–water partition coefficient (Wildman–Crippen LogP) is 4.48. The zero-order valence-electron chi connectivity index (χ0n) is 21.1. The summed E-state index contributed by atoms with van der Waals surface area (Å²) >= 11 is 0. The molecule has 0 radical (unpaired) electrons. The molecule has 0 saturated carbocycles. The number of benzene rings is 1. The number of aromatic nitrogens is 1. The molecule has 0 aliphatic heterocycles. The van der Waals surface area contributed by atoms with Gasteiger partial charge in [-0.15, -0.1) is 0 Å². The van der Waals surface area contributed by atoms with Crippen molar-refractivity contribution in [1.82, 2.24) is 8.87 Å². The molecule has 1 aromatic carbocycles. The second-order valence-corrected chi connectivity index (χ2v) is 11.9. The largest absolute Gasteiger partial charge is 0.492 e. The Morgan fingerprint density at radius 1 is 1.21 bits per heavy atom. The molecule has 0 spiro atoms. The third-order valence-electron chi connectivity index (χ3n) is 7.27. The minimum absolute atomic E-state index is 0.0971. The lowest BCUT2D eigenvalue weighted by molar-refractivity contribution is 0.102. The van der Waals surface area contributed by atoms with Gasteiger partial charge in [0.25, 0.3) is 0 Å². The number of ether oxygens (including phenoxy) is 1. The molecule has 1 unspecified atom stereocenters. The molecule has 2 aromatic rings. The molecule has 2 aliphatic carbocycles. The van der Waals surface area contributed by atoms with Gasteiger partial charge in [-0.05, 0) is 67.3 Å². The van der Waals surface area contributed by atoms with Crippen molar-refractivity contribution in [2.75, 3.05) is 32.5 Å². The molecule has 0 fully saturated rings. The number of nitrogens with zero attached hydrogens (tertiary/aromatic N) is 2. The molecule has 6 nitrogen and oxygen atoms in total. The monoisotopic (exact) mass is 484 g/mol. The number of hydrogen-bond donors (Lipinski definition) is 0. The first-order valence-electron chi connectivity index (χ1n) is 12.2. The number of ketones is 1. The molecule has 1 aromatic heterocycles. The molecule has 4 rings (SSSR count). The zero-order chi connectivity index (χ0) is 24.8. The number of allylic oxidation sites excluding steroid dienone is 1. The summed E-state index contributed by atoms with van der Waals surface area (Å²) in [6, 6.07) is 5.62. The van der Waals surface area contributed by atoms with Crippen LogP contribution in [0.15, 0.2) is 24.3 Å². The van der Waals surface area contributed by atoms with Crippen molar-refractivity contribution in [3.8, 4) is 5.75 Å². The van der Waals surface area contributed by atoms with E-state index in [0.29, 0.717) is 47.2 Å². The number of carbonyl (C=O) groups excluding carboxylic acids is 1. The average molecular weight is 485 g/mol. The van der Waals surface area contributed by atoms with Crippen LogP contribution in [0, 0.1) is 5.92 Å². The van der Waals surface area contributed by atoms with Crippen molar-refractivity contribution in [3.63, 3.8) is 0 Å². The normalized spacial score (nSPS) is 18.9. The maximum atomic E-state index is 13.8. The molecule has 0 N–H and O–H groups in total.